The number of aryl methyl sites for hydroxylation is 2. The second-order valence-electron chi connectivity index (χ2n) is 3.59. The smallest absolute Gasteiger partial charge is 0.289 e. The van der Waals surface area contributed by atoms with Gasteiger partial charge in [-0.3, -0.25) is 10.1 Å². The zero-order valence-electron chi connectivity index (χ0n) is 10.2. The Balaban J connectivity index is 2.15. The van der Waals surface area contributed by atoms with Gasteiger partial charge < -0.3 is 5.32 Å². The standard InChI is InChI=1S/C10H12N6OS/c1-5-4-6(2)13-9(12-5)14-7(17)8-15-16-10(11-3)18-8/h4H,1-3H3,(H,11,16)(H,12,13,14,17). The van der Waals surface area contributed by atoms with Crippen LogP contribution in [-0.4, -0.2) is 33.1 Å². The van der Waals surface area contributed by atoms with Gasteiger partial charge in [-0.1, -0.05) is 11.3 Å². The third-order valence-electron chi connectivity index (χ3n) is 2.04. The molecule has 8 heteroatoms. The molecule has 0 aliphatic heterocycles. The van der Waals surface area contributed by atoms with Crippen molar-refractivity contribution in [1.82, 2.24) is 20.2 Å². The van der Waals surface area contributed by atoms with Crippen LogP contribution in [0.5, 0.6) is 0 Å². The van der Waals surface area contributed by atoms with E-state index >= 15 is 0 Å². The second-order valence-corrected chi connectivity index (χ2v) is 4.57. The number of hydrogen-bond acceptors (Lipinski definition) is 7. The molecular formula is C10H12N6OS. The fourth-order valence-electron chi connectivity index (χ4n) is 1.35. The van der Waals surface area contributed by atoms with Gasteiger partial charge in [-0.25, -0.2) is 9.97 Å². The van der Waals surface area contributed by atoms with E-state index in [-0.39, 0.29) is 16.9 Å². The van der Waals surface area contributed by atoms with Crippen LogP contribution in [-0.2, 0) is 0 Å². The van der Waals surface area contributed by atoms with Crippen LogP contribution in [0, 0.1) is 13.8 Å². The third kappa shape index (κ3) is 2.77. The Kier molecular flexibility index (Phi) is 3.47. The minimum atomic E-state index is -0.362. The average molecular weight is 264 g/mol. The maximum absolute atomic E-state index is 11.9. The molecule has 0 saturated heterocycles. The van der Waals surface area contributed by atoms with Crippen molar-refractivity contribution in [3.63, 3.8) is 0 Å². The van der Waals surface area contributed by atoms with E-state index in [0.29, 0.717) is 5.13 Å². The normalized spacial score (nSPS) is 10.2. The zero-order chi connectivity index (χ0) is 13.1. The predicted molar refractivity (Wildman–Crippen MR) is 68.9 cm³/mol. The van der Waals surface area contributed by atoms with Crippen LogP contribution < -0.4 is 10.6 Å². The first-order chi connectivity index (χ1) is 8.58. The summed E-state index contributed by atoms with van der Waals surface area (Å²) < 4.78 is 0. The van der Waals surface area contributed by atoms with Crippen molar-refractivity contribution in [2.24, 2.45) is 0 Å². The van der Waals surface area contributed by atoms with E-state index in [2.05, 4.69) is 30.8 Å². The van der Waals surface area contributed by atoms with Crippen LogP contribution in [0.1, 0.15) is 21.2 Å². The van der Waals surface area contributed by atoms with Crippen molar-refractivity contribution in [3.05, 3.63) is 22.5 Å². The van der Waals surface area contributed by atoms with Gasteiger partial charge in [0, 0.05) is 18.4 Å². The lowest BCUT2D eigenvalue weighted by Gasteiger charge is -2.03. The molecule has 0 fully saturated rings. The lowest BCUT2D eigenvalue weighted by Crippen LogP contribution is -2.14. The SMILES string of the molecule is CNc1nnc(C(=O)Nc2nc(C)cc(C)n2)s1. The molecule has 2 aromatic rings. The van der Waals surface area contributed by atoms with Crippen LogP contribution in [0.15, 0.2) is 6.07 Å². The second kappa shape index (κ2) is 5.05. The molecule has 0 spiro atoms. The van der Waals surface area contributed by atoms with Gasteiger partial charge in [0.05, 0.1) is 0 Å². The molecule has 2 heterocycles. The molecule has 94 valence electrons. The summed E-state index contributed by atoms with van der Waals surface area (Å²) >= 11 is 1.17. The summed E-state index contributed by atoms with van der Waals surface area (Å²) in [4.78, 5) is 20.1. The number of amides is 1. The molecule has 2 N–H and O–H groups in total. The van der Waals surface area contributed by atoms with E-state index in [1.807, 2.05) is 19.9 Å². The number of aromatic nitrogens is 4. The van der Waals surface area contributed by atoms with E-state index < -0.39 is 0 Å². The number of nitrogens with one attached hydrogen (secondary N) is 2. The summed E-state index contributed by atoms with van der Waals surface area (Å²) in [5, 5.41) is 13.8. The molecule has 18 heavy (non-hydrogen) atoms. The van der Waals surface area contributed by atoms with Gasteiger partial charge in [0.25, 0.3) is 5.91 Å². The lowest BCUT2D eigenvalue weighted by molar-refractivity contribution is 0.102. The van der Waals surface area contributed by atoms with E-state index in [0.717, 1.165) is 11.4 Å². The first kappa shape index (κ1) is 12.4. The third-order valence-corrected chi connectivity index (χ3v) is 2.98. The van der Waals surface area contributed by atoms with E-state index in [4.69, 9.17) is 0 Å². The maximum Gasteiger partial charge on any atom is 0.289 e. The maximum atomic E-state index is 11.9. The highest BCUT2D eigenvalue weighted by atomic mass is 32.1. The zero-order valence-corrected chi connectivity index (χ0v) is 11.0. The van der Waals surface area contributed by atoms with Crippen molar-refractivity contribution < 1.29 is 4.79 Å². The number of rotatable bonds is 3. The Morgan fingerprint density at radius 3 is 2.44 bits per heavy atom. The van der Waals surface area contributed by atoms with Gasteiger partial charge in [-0.05, 0) is 19.9 Å². The van der Waals surface area contributed by atoms with E-state index in [9.17, 15) is 4.79 Å². The molecule has 0 aliphatic carbocycles. The average Bonchev–Trinajstić information content (AvgIpc) is 2.75. The highest BCUT2D eigenvalue weighted by Gasteiger charge is 2.13. The first-order valence-electron chi connectivity index (χ1n) is 5.23. The van der Waals surface area contributed by atoms with Gasteiger partial charge in [0.1, 0.15) is 0 Å². The predicted octanol–water partition coefficient (Wildman–Crippen LogP) is 1.24. The van der Waals surface area contributed by atoms with Crippen molar-refractivity contribution in [2.75, 3.05) is 17.7 Å². The Labute approximate surface area is 108 Å². The summed E-state index contributed by atoms with van der Waals surface area (Å²) in [6.07, 6.45) is 0. The van der Waals surface area contributed by atoms with Crippen LogP contribution in [0.25, 0.3) is 0 Å². The Morgan fingerprint density at radius 1 is 1.22 bits per heavy atom. The molecule has 0 aliphatic rings. The van der Waals surface area contributed by atoms with Crippen LogP contribution in [0.2, 0.25) is 0 Å². The van der Waals surface area contributed by atoms with Gasteiger partial charge in [-0.2, -0.15) is 0 Å². The molecule has 0 radical (unpaired) electrons. The fourth-order valence-corrected chi connectivity index (χ4v) is 1.95. The Morgan fingerprint density at radius 2 is 1.89 bits per heavy atom. The van der Waals surface area contributed by atoms with Gasteiger partial charge in [0.2, 0.25) is 16.1 Å². The van der Waals surface area contributed by atoms with Crippen molar-refractivity contribution >= 4 is 28.3 Å². The van der Waals surface area contributed by atoms with Crippen molar-refractivity contribution in [2.45, 2.75) is 13.8 Å². The Bertz CT molecular complexity index is 561. The fraction of sp³-hybridized carbons (Fsp3) is 0.300. The summed E-state index contributed by atoms with van der Waals surface area (Å²) in [7, 11) is 1.72. The van der Waals surface area contributed by atoms with Crippen LogP contribution in [0.3, 0.4) is 0 Å². The molecule has 0 bridgehead atoms. The molecule has 0 aromatic carbocycles. The van der Waals surface area contributed by atoms with Crippen LogP contribution >= 0.6 is 11.3 Å². The van der Waals surface area contributed by atoms with Gasteiger partial charge >= 0.3 is 0 Å². The Hall–Kier alpha value is -2.09. The number of carbonyl (C=O) groups excluding carboxylic acids is 1. The molecule has 2 rings (SSSR count). The minimum absolute atomic E-state index is 0.266. The van der Waals surface area contributed by atoms with Gasteiger partial charge in [0.15, 0.2) is 0 Å². The summed E-state index contributed by atoms with van der Waals surface area (Å²) in [6, 6.07) is 1.83. The van der Waals surface area contributed by atoms with Crippen molar-refractivity contribution in [1.29, 1.82) is 0 Å². The summed E-state index contributed by atoms with van der Waals surface area (Å²) in [5.74, 6) is -0.0855. The highest BCUT2D eigenvalue weighted by Crippen LogP contribution is 2.15. The van der Waals surface area contributed by atoms with Crippen molar-refractivity contribution in [3.8, 4) is 0 Å². The molecule has 0 atom stereocenters. The quantitative estimate of drug-likeness (QED) is 0.866. The number of hydrogen-bond donors (Lipinski definition) is 2. The summed E-state index contributed by atoms with van der Waals surface area (Å²) in [5.41, 5.74) is 1.59. The topological polar surface area (TPSA) is 92.7 Å². The van der Waals surface area contributed by atoms with E-state index in [1.54, 1.807) is 7.05 Å². The lowest BCUT2D eigenvalue weighted by atomic mass is 10.4. The molecular weight excluding hydrogens is 252 g/mol. The van der Waals surface area contributed by atoms with Crippen LogP contribution in [0.4, 0.5) is 11.1 Å². The summed E-state index contributed by atoms with van der Waals surface area (Å²) in [6.45, 7) is 3.68. The molecule has 0 unspecified atom stereocenters. The van der Waals surface area contributed by atoms with E-state index in [1.165, 1.54) is 11.3 Å². The molecule has 7 nitrogen and oxygen atoms in total. The molecule has 2 aromatic heterocycles. The van der Waals surface area contributed by atoms with Gasteiger partial charge in [-0.15, -0.1) is 10.2 Å². The molecule has 1 amide bonds. The number of carbonyl (C=O) groups is 1. The first-order valence-corrected chi connectivity index (χ1v) is 6.05. The number of anilines is 2. The monoisotopic (exact) mass is 264 g/mol. The largest absolute Gasteiger partial charge is 0.363 e. The highest BCUT2D eigenvalue weighted by molar-refractivity contribution is 7.17. The minimum Gasteiger partial charge on any atom is -0.363 e. The number of nitrogens with zero attached hydrogens (tertiary/aromatic N) is 4. The molecule has 0 saturated carbocycles.